The fourth-order valence-corrected chi connectivity index (χ4v) is 5.93. The van der Waals surface area contributed by atoms with E-state index in [1.807, 2.05) is 73.6 Å². The molecule has 4 nitrogen and oxygen atoms in total. The summed E-state index contributed by atoms with van der Waals surface area (Å²) in [5.41, 5.74) is 2.88. The minimum absolute atomic E-state index is 0.238. The van der Waals surface area contributed by atoms with Gasteiger partial charge >= 0.3 is 0 Å². The Kier molecular flexibility index (Phi) is 7.57. The molecule has 1 N–H and O–H groups in total. The molecule has 0 saturated heterocycles. The first-order chi connectivity index (χ1) is 14.2. The third-order valence-corrected chi connectivity index (χ3v) is 8.33. The van der Waals surface area contributed by atoms with E-state index in [-0.39, 0.29) is 4.90 Å². The van der Waals surface area contributed by atoms with E-state index in [0.29, 0.717) is 11.4 Å². The highest BCUT2D eigenvalue weighted by Gasteiger charge is 2.34. The molecule has 30 heavy (non-hydrogen) atoms. The van der Waals surface area contributed by atoms with Crippen LogP contribution in [0.25, 0.3) is 11.1 Å². The Bertz CT molecular complexity index is 1070. The molecule has 0 amide bonds. The Morgan fingerprint density at radius 2 is 1.47 bits per heavy atom. The number of rotatable bonds is 8. The number of nitrogens with zero attached hydrogens (tertiary/aromatic N) is 1. The summed E-state index contributed by atoms with van der Waals surface area (Å²) in [5.74, 6) is 0. The Morgan fingerprint density at radius 1 is 0.900 bits per heavy atom. The van der Waals surface area contributed by atoms with Gasteiger partial charge in [-0.25, -0.2) is 8.42 Å². The van der Waals surface area contributed by atoms with Crippen LogP contribution in [-0.2, 0) is 13.6 Å². The van der Waals surface area contributed by atoms with Crippen LogP contribution < -0.4 is 4.72 Å². The van der Waals surface area contributed by atoms with E-state index in [1.165, 1.54) is 0 Å². The molecular formula is C23H24ClIN2O2S. The highest BCUT2D eigenvalue weighted by atomic mass is 127. The second-order valence-electron chi connectivity index (χ2n) is 7.36. The Labute approximate surface area is 197 Å². The molecule has 0 fully saturated rings. The van der Waals surface area contributed by atoms with Crippen LogP contribution in [-0.4, -0.2) is 34.0 Å². The molecule has 0 saturated carbocycles. The number of hydrogen-bond donors (Lipinski definition) is 1. The molecule has 3 aromatic rings. The lowest BCUT2D eigenvalue weighted by molar-refractivity contribution is 0.368. The van der Waals surface area contributed by atoms with Crippen LogP contribution >= 0.6 is 34.2 Å². The first kappa shape index (κ1) is 23.2. The summed E-state index contributed by atoms with van der Waals surface area (Å²) in [4.78, 5) is 2.27. The number of benzene rings is 3. The summed E-state index contributed by atoms with van der Waals surface area (Å²) in [5, 5.41) is 0.615. The standard InChI is InChI=1S/C23H24ClIN2O2S/c1-27(2)17-16-23(25,20-10-12-21(24)13-11-20)26-30(28,29)22-14-8-19(9-15-22)18-6-4-3-5-7-18/h3-15,26H,16-17H2,1-2H3. The molecule has 0 aromatic heterocycles. The number of halogens is 2. The average Bonchev–Trinajstić information content (AvgIpc) is 2.73. The fraction of sp³-hybridized carbons (Fsp3) is 0.217. The van der Waals surface area contributed by atoms with Gasteiger partial charge in [-0.2, -0.15) is 4.72 Å². The Hall–Kier alpha value is -1.45. The average molecular weight is 555 g/mol. The first-order valence-electron chi connectivity index (χ1n) is 9.49. The summed E-state index contributed by atoms with van der Waals surface area (Å²) in [6.07, 6.45) is 0.601. The van der Waals surface area contributed by atoms with Gasteiger partial charge in [0.2, 0.25) is 10.0 Å². The molecule has 0 heterocycles. The fourth-order valence-electron chi connectivity index (χ4n) is 3.08. The number of alkyl halides is 1. The van der Waals surface area contributed by atoms with Crippen LogP contribution in [0, 0.1) is 0 Å². The molecule has 1 atom stereocenters. The maximum Gasteiger partial charge on any atom is 0.242 e. The zero-order valence-electron chi connectivity index (χ0n) is 16.8. The van der Waals surface area contributed by atoms with Crippen molar-refractivity contribution in [3.05, 3.63) is 89.4 Å². The lowest BCUT2D eigenvalue weighted by atomic mass is 10.0. The van der Waals surface area contributed by atoms with E-state index in [0.717, 1.165) is 23.2 Å². The van der Waals surface area contributed by atoms with E-state index in [1.54, 1.807) is 24.3 Å². The quantitative estimate of drug-likeness (QED) is 0.226. The molecule has 3 aromatic carbocycles. The number of hydrogen-bond acceptors (Lipinski definition) is 3. The molecule has 0 spiro atoms. The molecule has 0 aliphatic carbocycles. The van der Waals surface area contributed by atoms with Gasteiger partial charge in [-0.3, -0.25) is 0 Å². The summed E-state index contributed by atoms with van der Waals surface area (Å²) in [7, 11) is 0.204. The molecule has 158 valence electrons. The normalized spacial score (nSPS) is 13.9. The monoisotopic (exact) mass is 554 g/mol. The maximum atomic E-state index is 13.2. The third kappa shape index (κ3) is 5.82. The predicted octanol–water partition coefficient (Wildman–Crippen LogP) is 5.53. The maximum absolute atomic E-state index is 13.2. The van der Waals surface area contributed by atoms with Gasteiger partial charge in [-0.1, -0.05) is 88.8 Å². The van der Waals surface area contributed by atoms with Gasteiger partial charge in [0.25, 0.3) is 0 Å². The minimum atomic E-state index is -3.73. The third-order valence-electron chi connectivity index (χ3n) is 4.77. The Morgan fingerprint density at radius 3 is 2.03 bits per heavy atom. The van der Waals surface area contributed by atoms with Gasteiger partial charge in [-0.05, 0) is 61.5 Å². The van der Waals surface area contributed by atoms with E-state index in [4.69, 9.17) is 11.6 Å². The van der Waals surface area contributed by atoms with E-state index in [9.17, 15) is 8.42 Å². The summed E-state index contributed by atoms with van der Waals surface area (Å²) < 4.78 is 28.6. The molecule has 1 unspecified atom stereocenters. The van der Waals surface area contributed by atoms with Crippen LogP contribution in [0.5, 0.6) is 0 Å². The predicted molar refractivity (Wildman–Crippen MR) is 133 cm³/mol. The van der Waals surface area contributed by atoms with E-state index >= 15 is 0 Å². The van der Waals surface area contributed by atoms with Crippen molar-refractivity contribution in [2.75, 3.05) is 20.6 Å². The zero-order chi connectivity index (χ0) is 21.8. The number of sulfonamides is 1. The van der Waals surface area contributed by atoms with Gasteiger partial charge < -0.3 is 4.90 Å². The van der Waals surface area contributed by atoms with Gasteiger partial charge in [0, 0.05) is 11.6 Å². The number of nitrogens with one attached hydrogen (secondary N) is 1. The van der Waals surface area contributed by atoms with Crippen LogP contribution in [0.3, 0.4) is 0 Å². The van der Waals surface area contributed by atoms with Crippen molar-refractivity contribution < 1.29 is 8.42 Å². The van der Waals surface area contributed by atoms with Crippen molar-refractivity contribution in [2.24, 2.45) is 0 Å². The summed E-state index contributed by atoms with van der Waals surface area (Å²) in [6, 6.07) is 24.1. The van der Waals surface area contributed by atoms with Crippen molar-refractivity contribution >= 4 is 44.2 Å². The SMILES string of the molecule is CN(C)CCC(I)(NS(=O)(=O)c1ccc(-c2ccccc2)cc1)c1ccc(Cl)cc1. The molecule has 7 heteroatoms. The van der Waals surface area contributed by atoms with Crippen molar-refractivity contribution in [2.45, 2.75) is 14.9 Å². The Balaban J connectivity index is 1.89. The van der Waals surface area contributed by atoms with Crippen molar-refractivity contribution in [1.82, 2.24) is 9.62 Å². The zero-order valence-corrected chi connectivity index (χ0v) is 20.6. The van der Waals surface area contributed by atoms with Crippen molar-refractivity contribution in [3.8, 4) is 11.1 Å². The van der Waals surface area contributed by atoms with Crippen LogP contribution in [0.1, 0.15) is 12.0 Å². The lowest BCUT2D eigenvalue weighted by Gasteiger charge is -2.30. The first-order valence-corrected chi connectivity index (χ1v) is 12.4. The molecular weight excluding hydrogens is 531 g/mol. The largest absolute Gasteiger partial charge is 0.309 e. The van der Waals surface area contributed by atoms with Gasteiger partial charge in [0.05, 0.1) is 4.90 Å². The minimum Gasteiger partial charge on any atom is -0.309 e. The summed E-state index contributed by atoms with van der Waals surface area (Å²) >= 11 is 8.23. The highest BCUT2D eigenvalue weighted by molar-refractivity contribution is 14.1. The van der Waals surface area contributed by atoms with Gasteiger partial charge in [0.15, 0.2) is 0 Å². The van der Waals surface area contributed by atoms with Crippen LogP contribution in [0.2, 0.25) is 5.02 Å². The topological polar surface area (TPSA) is 49.4 Å². The molecule has 0 radical (unpaired) electrons. The molecule has 0 aliphatic rings. The van der Waals surface area contributed by atoms with Crippen molar-refractivity contribution in [1.29, 1.82) is 0 Å². The molecule has 0 bridgehead atoms. The van der Waals surface area contributed by atoms with E-state index in [2.05, 4.69) is 27.3 Å². The van der Waals surface area contributed by atoms with Crippen LogP contribution in [0.4, 0.5) is 0 Å². The van der Waals surface area contributed by atoms with Gasteiger partial charge in [-0.15, -0.1) is 0 Å². The second kappa shape index (κ2) is 9.78. The highest BCUT2D eigenvalue weighted by Crippen LogP contribution is 2.35. The summed E-state index contributed by atoms with van der Waals surface area (Å²) in [6.45, 7) is 0.723. The van der Waals surface area contributed by atoms with E-state index < -0.39 is 13.6 Å². The molecule has 3 rings (SSSR count). The van der Waals surface area contributed by atoms with Crippen molar-refractivity contribution in [3.63, 3.8) is 0 Å². The second-order valence-corrected chi connectivity index (χ2v) is 11.3. The lowest BCUT2D eigenvalue weighted by Crippen LogP contribution is -2.42. The molecule has 0 aliphatic heterocycles. The van der Waals surface area contributed by atoms with Gasteiger partial charge in [0.1, 0.15) is 3.55 Å². The smallest absolute Gasteiger partial charge is 0.242 e. The van der Waals surface area contributed by atoms with Crippen LogP contribution in [0.15, 0.2) is 83.8 Å².